The SMILES string of the molecule is N#C[Se]c1cc2ccccc2cc1CF. The zero-order valence-electron chi connectivity index (χ0n) is 7.90. The van der Waals surface area contributed by atoms with Gasteiger partial charge in [-0.1, -0.05) is 0 Å². The van der Waals surface area contributed by atoms with Gasteiger partial charge in [0.25, 0.3) is 0 Å². The summed E-state index contributed by atoms with van der Waals surface area (Å²) in [6, 6.07) is 11.6. The average Bonchev–Trinajstić information content (AvgIpc) is 2.28. The molecule has 0 N–H and O–H groups in total. The number of halogens is 1. The minimum absolute atomic E-state index is 0.286. The van der Waals surface area contributed by atoms with Crippen LogP contribution in [0.25, 0.3) is 10.8 Å². The molecule has 0 aliphatic rings. The number of benzene rings is 2. The molecular formula is C12H8FNSe. The van der Waals surface area contributed by atoms with E-state index in [-0.39, 0.29) is 15.0 Å². The molecule has 0 fully saturated rings. The van der Waals surface area contributed by atoms with Crippen LogP contribution in [0, 0.1) is 10.2 Å². The van der Waals surface area contributed by atoms with Crippen LogP contribution in [0.1, 0.15) is 5.56 Å². The maximum absolute atomic E-state index is 12.7. The Morgan fingerprint density at radius 3 is 2.47 bits per heavy atom. The number of rotatable bonds is 2. The van der Waals surface area contributed by atoms with E-state index < -0.39 is 6.67 Å². The van der Waals surface area contributed by atoms with Gasteiger partial charge in [-0.25, -0.2) is 0 Å². The summed E-state index contributed by atoms with van der Waals surface area (Å²) in [5, 5.41) is 10.8. The van der Waals surface area contributed by atoms with Crippen LogP contribution in [0.3, 0.4) is 0 Å². The molecule has 0 spiro atoms. The van der Waals surface area contributed by atoms with E-state index in [0.29, 0.717) is 5.56 Å². The molecule has 0 aromatic heterocycles. The second-order valence-corrected chi connectivity index (χ2v) is 4.87. The van der Waals surface area contributed by atoms with Crippen molar-refractivity contribution in [1.29, 1.82) is 5.26 Å². The van der Waals surface area contributed by atoms with E-state index in [1.54, 1.807) is 0 Å². The molecule has 1 nitrogen and oxygen atoms in total. The Balaban J connectivity index is 2.64. The molecule has 0 atom stereocenters. The molecule has 74 valence electrons. The fourth-order valence-corrected chi connectivity index (χ4v) is 2.62. The zero-order valence-corrected chi connectivity index (χ0v) is 9.62. The number of hydrogen-bond donors (Lipinski definition) is 0. The van der Waals surface area contributed by atoms with E-state index in [2.05, 4.69) is 4.97 Å². The van der Waals surface area contributed by atoms with E-state index in [9.17, 15) is 4.39 Å². The molecule has 3 heteroatoms. The van der Waals surface area contributed by atoms with Crippen molar-refractivity contribution in [3.05, 3.63) is 42.0 Å². The van der Waals surface area contributed by atoms with E-state index >= 15 is 0 Å². The monoisotopic (exact) mass is 265 g/mol. The van der Waals surface area contributed by atoms with Crippen molar-refractivity contribution in [2.45, 2.75) is 6.67 Å². The summed E-state index contributed by atoms with van der Waals surface area (Å²) in [7, 11) is 0. The number of fused-ring (bicyclic) bond motifs is 1. The molecule has 0 aliphatic heterocycles. The van der Waals surface area contributed by atoms with E-state index in [0.717, 1.165) is 15.2 Å². The van der Waals surface area contributed by atoms with Gasteiger partial charge in [0.1, 0.15) is 0 Å². The van der Waals surface area contributed by atoms with Crippen LogP contribution in [0.4, 0.5) is 4.39 Å². The first-order valence-corrected chi connectivity index (χ1v) is 6.20. The van der Waals surface area contributed by atoms with Crippen molar-refractivity contribution in [3.8, 4) is 4.97 Å². The Labute approximate surface area is 93.7 Å². The van der Waals surface area contributed by atoms with Crippen molar-refractivity contribution in [3.63, 3.8) is 0 Å². The summed E-state index contributed by atoms with van der Waals surface area (Å²) in [5.41, 5.74) is 0.648. The fraction of sp³-hybridized carbons (Fsp3) is 0.0833. The fourth-order valence-electron chi connectivity index (χ4n) is 1.52. The van der Waals surface area contributed by atoms with Crippen molar-refractivity contribution >= 4 is 30.2 Å². The number of nitrogens with zero attached hydrogens (tertiary/aromatic N) is 1. The maximum atomic E-state index is 12.7. The third kappa shape index (κ3) is 2.02. The molecule has 2 aromatic rings. The van der Waals surface area contributed by atoms with Crippen molar-refractivity contribution < 1.29 is 4.39 Å². The normalized spacial score (nSPS) is 10.1. The summed E-state index contributed by atoms with van der Waals surface area (Å²) in [6.07, 6.45) is 0. The third-order valence-electron chi connectivity index (χ3n) is 2.23. The quantitative estimate of drug-likeness (QED) is 0.762. The van der Waals surface area contributed by atoms with Gasteiger partial charge in [0.2, 0.25) is 0 Å². The molecule has 0 saturated heterocycles. The van der Waals surface area contributed by atoms with E-state index in [1.807, 2.05) is 36.4 Å². The first-order chi connectivity index (χ1) is 7.35. The third-order valence-corrected chi connectivity index (χ3v) is 3.68. The summed E-state index contributed by atoms with van der Waals surface area (Å²) in [6.45, 7) is -0.496. The van der Waals surface area contributed by atoms with E-state index in [4.69, 9.17) is 5.26 Å². The van der Waals surface area contributed by atoms with Gasteiger partial charge in [0.05, 0.1) is 0 Å². The van der Waals surface area contributed by atoms with Crippen LogP contribution in [0.2, 0.25) is 0 Å². The second-order valence-electron chi connectivity index (χ2n) is 3.13. The van der Waals surface area contributed by atoms with Gasteiger partial charge in [0.15, 0.2) is 0 Å². The summed E-state index contributed by atoms with van der Waals surface area (Å²) >= 11 is -0.286. The molecular weight excluding hydrogens is 256 g/mol. The summed E-state index contributed by atoms with van der Waals surface area (Å²) in [4.78, 5) is 2.12. The predicted molar refractivity (Wildman–Crippen MR) is 59.8 cm³/mol. The average molecular weight is 264 g/mol. The molecule has 15 heavy (non-hydrogen) atoms. The first kappa shape index (κ1) is 10.2. The van der Waals surface area contributed by atoms with Crippen LogP contribution >= 0.6 is 0 Å². The standard InChI is InChI=1S/C12H8FNSe/c13-7-11-5-9-3-1-2-4-10(9)6-12(11)15-8-14/h1-6H,7H2. The van der Waals surface area contributed by atoms with Crippen molar-refractivity contribution in [2.24, 2.45) is 0 Å². The number of nitriles is 1. The van der Waals surface area contributed by atoms with Crippen LogP contribution in [-0.4, -0.2) is 15.0 Å². The Kier molecular flexibility index (Phi) is 3.01. The van der Waals surface area contributed by atoms with E-state index in [1.165, 1.54) is 0 Å². The van der Waals surface area contributed by atoms with Gasteiger partial charge in [-0.2, -0.15) is 0 Å². The van der Waals surface area contributed by atoms with Gasteiger partial charge in [0, 0.05) is 0 Å². The van der Waals surface area contributed by atoms with Crippen LogP contribution in [0.15, 0.2) is 36.4 Å². The predicted octanol–water partition coefficient (Wildman–Crippen LogP) is 2.12. The van der Waals surface area contributed by atoms with Gasteiger partial charge >= 0.3 is 93.4 Å². The van der Waals surface area contributed by atoms with Gasteiger partial charge in [-0.15, -0.1) is 0 Å². The second kappa shape index (κ2) is 4.44. The van der Waals surface area contributed by atoms with Crippen LogP contribution < -0.4 is 4.46 Å². The molecule has 0 amide bonds. The summed E-state index contributed by atoms with van der Waals surface area (Å²) in [5.74, 6) is 0. The molecule has 0 unspecified atom stereocenters. The Morgan fingerprint density at radius 2 is 1.87 bits per heavy atom. The first-order valence-electron chi connectivity index (χ1n) is 4.48. The Morgan fingerprint density at radius 1 is 1.20 bits per heavy atom. The Bertz CT molecular complexity index is 531. The van der Waals surface area contributed by atoms with Crippen molar-refractivity contribution in [2.75, 3.05) is 0 Å². The molecule has 0 heterocycles. The molecule has 2 rings (SSSR count). The van der Waals surface area contributed by atoms with Gasteiger partial charge in [-0.05, 0) is 0 Å². The summed E-state index contributed by atoms with van der Waals surface area (Å²) < 4.78 is 13.6. The molecule has 2 aromatic carbocycles. The molecule has 0 saturated carbocycles. The molecule has 0 bridgehead atoms. The van der Waals surface area contributed by atoms with Crippen molar-refractivity contribution in [1.82, 2.24) is 0 Å². The van der Waals surface area contributed by atoms with Crippen LogP contribution in [0.5, 0.6) is 0 Å². The minimum atomic E-state index is -0.496. The molecule has 0 aliphatic carbocycles. The molecule has 0 radical (unpaired) electrons. The van der Waals surface area contributed by atoms with Gasteiger partial charge < -0.3 is 0 Å². The number of alkyl halides is 1. The Hall–Kier alpha value is -1.36. The zero-order chi connectivity index (χ0) is 10.7. The van der Waals surface area contributed by atoms with Gasteiger partial charge in [-0.3, -0.25) is 0 Å². The topological polar surface area (TPSA) is 23.8 Å². The van der Waals surface area contributed by atoms with Crippen LogP contribution in [-0.2, 0) is 6.67 Å². The number of hydrogen-bond acceptors (Lipinski definition) is 1.